The lowest BCUT2D eigenvalue weighted by atomic mass is 10.3. The van der Waals surface area contributed by atoms with Crippen molar-refractivity contribution < 1.29 is 19.2 Å². The van der Waals surface area contributed by atoms with E-state index >= 15 is 0 Å². The SMILES string of the molecule is Cc1noc(NC(=O)NCC(=O)O)c1C. The van der Waals surface area contributed by atoms with Gasteiger partial charge in [0.1, 0.15) is 6.54 Å². The zero-order valence-electron chi connectivity index (χ0n) is 8.33. The molecular formula is C8H11N3O4. The number of nitrogens with one attached hydrogen (secondary N) is 2. The summed E-state index contributed by atoms with van der Waals surface area (Å²) in [6.45, 7) is 3.02. The number of urea groups is 1. The molecule has 0 aromatic carbocycles. The fourth-order valence-corrected chi connectivity index (χ4v) is 0.835. The van der Waals surface area contributed by atoms with Gasteiger partial charge >= 0.3 is 12.0 Å². The summed E-state index contributed by atoms with van der Waals surface area (Å²) in [5.74, 6) is -0.897. The van der Waals surface area contributed by atoms with Crippen molar-refractivity contribution >= 4 is 17.9 Å². The number of rotatable bonds is 3. The van der Waals surface area contributed by atoms with Crippen LogP contribution in [0.25, 0.3) is 0 Å². The molecule has 0 fully saturated rings. The van der Waals surface area contributed by atoms with Gasteiger partial charge in [-0.25, -0.2) is 4.79 Å². The van der Waals surface area contributed by atoms with Crippen LogP contribution in [-0.4, -0.2) is 28.8 Å². The number of aromatic nitrogens is 1. The summed E-state index contributed by atoms with van der Waals surface area (Å²) in [6, 6.07) is -0.642. The fourth-order valence-electron chi connectivity index (χ4n) is 0.835. The molecule has 0 atom stereocenters. The molecule has 1 heterocycles. The molecule has 82 valence electrons. The number of aryl methyl sites for hydroxylation is 1. The van der Waals surface area contributed by atoms with E-state index in [4.69, 9.17) is 9.63 Å². The van der Waals surface area contributed by atoms with Gasteiger partial charge in [0.2, 0.25) is 5.88 Å². The van der Waals surface area contributed by atoms with Crippen LogP contribution in [-0.2, 0) is 4.79 Å². The maximum atomic E-state index is 11.1. The highest BCUT2D eigenvalue weighted by Gasteiger charge is 2.11. The Morgan fingerprint density at radius 1 is 1.47 bits per heavy atom. The van der Waals surface area contributed by atoms with E-state index in [2.05, 4.69) is 15.8 Å². The molecule has 0 spiro atoms. The van der Waals surface area contributed by atoms with Gasteiger partial charge in [-0.05, 0) is 13.8 Å². The molecule has 1 aromatic rings. The van der Waals surface area contributed by atoms with E-state index in [1.807, 2.05) is 0 Å². The minimum Gasteiger partial charge on any atom is -0.480 e. The second-order valence-corrected chi connectivity index (χ2v) is 2.92. The van der Waals surface area contributed by atoms with Crippen molar-refractivity contribution in [2.75, 3.05) is 11.9 Å². The van der Waals surface area contributed by atoms with Gasteiger partial charge in [0.25, 0.3) is 0 Å². The van der Waals surface area contributed by atoms with E-state index < -0.39 is 18.5 Å². The Balaban J connectivity index is 2.51. The molecule has 0 bridgehead atoms. The minimum absolute atomic E-state index is 0.218. The van der Waals surface area contributed by atoms with Crippen molar-refractivity contribution in [1.82, 2.24) is 10.5 Å². The third kappa shape index (κ3) is 2.97. The number of amides is 2. The van der Waals surface area contributed by atoms with E-state index in [0.29, 0.717) is 11.3 Å². The lowest BCUT2D eigenvalue weighted by molar-refractivity contribution is -0.135. The Labute approximate surface area is 85.4 Å². The molecule has 15 heavy (non-hydrogen) atoms. The number of carbonyl (C=O) groups excluding carboxylic acids is 1. The van der Waals surface area contributed by atoms with E-state index in [-0.39, 0.29) is 5.88 Å². The van der Waals surface area contributed by atoms with Crippen molar-refractivity contribution in [2.24, 2.45) is 0 Å². The summed E-state index contributed by atoms with van der Waals surface area (Å²) >= 11 is 0. The molecule has 0 saturated heterocycles. The summed E-state index contributed by atoms with van der Waals surface area (Å²) in [6.07, 6.45) is 0. The smallest absolute Gasteiger partial charge is 0.323 e. The predicted molar refractivity (Wildman–Crippen MR) is 50.6 cm³/mol. The zero-order chi connectivity index (χ0) is 11.4. The van der Waals surface area contributed by atoms with Crippen molar-refractivity contribution in [3.63, 3.8) is 0 Å². The molecule has 0 aliphatic heterocycles. The number of carbonyl (C=O) groups is 2. The highest BCUT2D eigenvalue weighted by Crippen LogP contribution is 2.16. The van der Waals surface area contributed by atoms with E-state index in [1.165, 1.54) is 0 Å². The first kappa shape index (κ1) is 11.0. The van der Waals surface area contributed by atoms with Crippen LogP contribution in [0.2, 0.25) is 0 Å². The Morgan fingerprint density at radius 3 is 2.60 bits per heavy atom. The molecular weight excluding hydrogens is 202 g/mol. The van der Waals surface area contributed by atoms with Crippen molar-refractivity contribution in [3.8, 4) is 0 Å². The highest BCUT2D eigenvalue weighted by atomic mass is 16.5. The molecule has 1 aromatic heterocycles. The van der Waals surface area contributed by atoms with Crippen LogP contribution in [0.5, 0.6) is 0 Å². The lowest BCUT2D eigenvalue weighted by Crippen LogP contribution is -2.33. The number of anilines is 1. The quantitative estimate of drug-likeness (QED) is 0.678. The topological polar surface area (TPSA) is 104 Å². The lowest BCUT2D eigenvalue weighted by Gasteiger charge is -2.02. The molecule has 1 rings (SSSR count). The van der Waals surface area contributed by atoms with Crippen molar-refractivity contribution in [2.45, 2.75) is 13.8 Å². The number of carboxylic acid groups (broad SMARTS) is 1. The molecule has 7 nitrogen and oxygen atoms in total. The number of aliphatic carboxylic acids is 1. The maximum absolute atomic E-state index is 11.1. The summed E-state index contributed by atoms with van der Waals surface area (Å²) in [4.78, 5) is 21.3. The van der Waals surface area contributed by atoms with Crippen LogP contribution in [0.3, 0.4) is 0 Å². The molecule has 0 aliphatic carbocycles. The number of nitrogens with zero attached hydrogens (tertiary/aromatic N) is 1. The zero-order valence-corrected chi connectivity index (χ0v) is 8.33. The minimum atomic E-state index is -1.12. The standard InChI is InChI=1S/C8H11N3O4/c1-4-5(2)11-15-7(4)10-8(14)9-3-6(12)13/h3H2,1-2H3,(H,12,13)(H2,9,10,14). The first-order valence-electron chi connectivity index (χ1n) is 4.20. The molecule has 0 saturated carbocycles. The van der Waals surface area contributed by atoms with Gasteiger partial charge in [-0.1, -0.05) is 5.16 Å². The van der Waals surface area contributed by atoms with E-state index in [9.17, 15) is 9.59 Å². The average Bonchev–Trinajstić information content (AvgIpc) is 2.47. The Bertz CT molecular complexity index is 385. The normalized spacial score (nSPS) is 9.73. The van der Waals surface area contributed by atoms with Gasteiger partial charge in [0, 0.05) is 5.56 Å². The highest BCUT2D eigenvalue weighted by molar-refractivity contribution is 5.90. The van der Waals surface area contributed by atoms with E-state index in [1.54, 1.807) is 13.8 Å². The van der Waals surface area contributed by atoms with Crippen LogP contribution in [0.1, 0.15) is 11.3 Å². The Kier molecular flexibility index (Phi) is 3.27. The molecule has 2 amide bonds. The monoisotopic (exact) mass is 213 g/mol. The van der Waals surface area contributed by atoms with Crippen molar-refractivity contribution in [3.05, 3.63) is 11.3 Å². The third-order valence-electron chi connectivity index (χ3n) is 1.78. The van der Waals surface area contributed by atoms with Crippen LogP contribution in [0, 0.1) is 13.8 Å². The molecule has 0 radical (unpaired) electrons. The van der Waals surface area contributed by atoms with Gasteiger partial charge in [-0.3, -0.25) is 10.1 Å². The molecule has 0 unspecified atom stereocenters. The summed E-state index contributed by atoms with van der Waals surface area (Å²) in [5.41, 5.74) is 1.38. The van der Waals surface area contributed by atoms with E-state index in [0.717, 1.165) is 0 Å². The van der Waals surface area contributed by atoms with Crippen LogP contribution in [0.15, 0.2) is 4.52 Å². The third-order valence-corrected chi connectivity index (χ3v) is 1.78. The maximum Gasteiger partial charge on any atom is 0.323 e. The molecule has 7 heteroatoms. The molecule has 0 aliphatic rings. The summed E-state index contributed by atoms with van der Waals surface area (Å²) < 4.78 is 4.80. The van der Waals surface area contributed by atoms with Crippen LogP contribution in [0.4, 0.5) is 10.7 Å². The second kappa shape index (κ2) is 4.45. The number of carboxylic acids is 1. The van der Waals surface area contributed by atoms with Crippen molar-refractivity contribution in [1.29, 1.82) is 0 Å². The number of hydrogen-bond donors (Lipinski definition) is 3. The first-order valence-corrected chi connectivity index (χ1v) is 4.20. The van der Waals surface area contributed by atoms with Crippen LogP contribution >= 0.6 is 0 Å². The van der Waals surface area contributed by atoms with Gasteiger partial charge in [-0.2, -0.15) is 0 Å². The first-order chi connectivity index (χ1) is 7.00. The summed E-state index contributed by atoms with van der Waals surface area (Å²) in [5, 5.41) is 16.4. The van der Waals surface area contributed by atoms with Gasteiger partial charge in [0.05, 0.1) is 5.69 Å². The average molecular weight is 213 g/mol. The van der Waals surface area contributed by atoms with Crippen LogP contribution < -0.4 is 10.6 Å². The summed E-state index contributed by atoms with van der Waals surface area (Å²) in [7, 11) is 0. The predicted octanol–water partition coefficient (Wildman–Crippen LogP) is 0.498. The largest absolute Gasteiger partial charge is 0.480 e. The fraction of sp³-hybridized carbons (Fsp3) is 0.375. The Morgan fingerprint density at radius 2 is 2.13 bits per heavy atom. The van der Waals surface area contributed by atoms with Gasteiger partial charge in [0.15, 0.2) is 0 Å². The van der Waals surface area contributed by atoms with Gasteiger partial charge in [-0.15, -0.1) is 0 Å². The molecule has 3 N–H and O–H groups in total. The Hall–Kier alpha value is -2.05. The second-order valence-electron chi connectivity index (χ2n) is 2.92. The number of hydrogen-bond acceptors (Lipinski definition) is 4. The van der Waals surface area contributed by atoms with Gasteiger partial charge < -0.3 is 14.9 Å².